The zero-order valence-corrected chi connectivity index (χ0v) is 28.0. The Bertz CT molecular complexity index is 1720. The number of aryl methyl sites for hydroxylation is 2. The maximum absolute atomic E-state index is 14.5. The zero-order valence-electron chi connectivity index (χ0n) is 24.8. The second-order valence-electron chi connectivity index (χ2n) is 10.5. The molecule has 0 aliphatic heterocycles. The summed E-state index contributed by atoms with van der Waals surface area (Å²) in [5.41, 5.74) is 3.46. The van der Waals surface area contributed by atoms with Crippen LogP contribution in [-0.4, -0.2) is 44.3 Å². The van der Waals surface area contributed by atoms with Gasteiger partial charge in [0.15, 0.2) is 0 Å². The maximum atomic E-state index is 14.5. The van der Waals surface area contributed by atoms with Gasteiger partial charge in [-0.15, -0.1) is 0 Å². The monoisotopic (exact) mass is 695 g/mol. The van der Waals surface area contributed by atoms with Gasteiger partial charge in [0.2, 0.25) is 11.8 Å². The number of sulfonamides is 1. The highest BCUT2D eigenvalue weighted by Crippen LogP contribution is 2.30. The SMILES string of the molecule is CCNC(=O)C(Cc1ccccc1)N(Cc1cccc(Br)c1)C(=O)CN(c1cc(Cl)ccc1C)S(=O)(=O)c1ccc(C)cc1. The molecular formula is C34H35BrClN3O4S. The van der Waals surface area contributed by atoms with E-state index < -0.39 is 28.5 Å². The fraction of sp³-hybridized carbons (Fsp3) is 0.235. The van der Waals surface area contributed by atoms with Crippen molar-refractivity contribution in [2.24, 2.45) is 0 Å². The highest BCUT2D eigenvalue weighted by Gasteiger charge is 2.35. The first-order valence-electron chi connectivity index (χ1n) is 14.2. The lowest BCUT2D eigenvalue weighted by Crippen LogP contribution is -2.53. The number of likely N-dealkylation sites (N-methyl/N-ethyl adjacent to an activating group) is 1. The Morgan fingerprint density at radius 1 is 0.886 bits per heavy atom. The molecule has 0 aliphatic carbocycles. The van der Waals surface area contributed by atoms with E-state index in [0.717, 1.165) is 25.5 Å². The fourth-order valence-corrected chi connectivity index (χ4v) is 6.96. The van der Waals surface area contributed by atoms with Gasteiger partial charge in [-0.2, -0.15) is 0 Å². The molecule has 10 heteroatoms. The fourth-order valence-electron chi connectivity index (χ4n) is 4.88. The van der Waals surface area contributed by atoms with Crippen molar-refractivity contribution < 1.29 is 18.0 Å². The van der Waals surface area contributed by atoms with Gasteiger partial charge in [-0.25, -0.2) is 8.42 Å². The third-order valence-corrected chi connectivity index (χ3v) is 9.69. The first kappa shape index (κ1) is 33.2. The van der Waals surface area contributed by atoms with Crippen molar-refractivity contribution in [3.8, 4) is 0 Å². The smallest absolute Gasteiger partial charge is 0.264 e. The second-order valence-corrected chi connectivity index (χ2v) is 13.7. The predicted molar refractivity (Wildman–Crippen MR) is 179 cm³/mol. The number of carbonyl (C=O) groups is 2. The minimum atomic E-state index is -4.21. The number of amides is 2. The number of benzene rings is 4. The number of nitrogens with one attached hydrogen (secondary N) is 1. The topological polar surface area (TPSA) is 86.8 Å². The lowest BCUT2D eigenvalue weighted by molar-refractivity contribution is -0.140. The summed E-state index contributed by atoms with van der Waals surface area (Å²) in [7, 11) is -4.21. The molecule has 0 aromatic heterocycles. The molecule has 4 aromatic carbocycles. The van der Waals surface area contributed by atoms with E-state index in [1.165, 1.54) is 17.0 Å². The van der Waals surface area contributed by atoms with E-state index in [2.05, 4.69) is 21.2 Å². The molecule has 0 aliphatic rings. The molecule has 1 N–H and O–H groups in total. The quantitative estimate of drug-likeness (QED) is 0.179. The molecule has 0 saturated carbocycles. The minimum Gasteiger partial charge on any atom is -0.355 e. The Morgan fingerprint density at radius 3 is 2.23 bits per heavy atom. The normalized spacial score (nSPS) is 11.9. The zero-order chi connectivity index (χ0) is 31.9. The van der Waals surface area contributed by atoms with Crippen LogP contribution in [0.25, 0.3) is 0 Å². The molecule has 0 fully saturated rings. The summed E-state index contributed by atoms with van der Waals surface area (Å²) in [6.07, 6.45) is 0.243. The molecular weight excluding hydrogens is 662 g/mol. The van der Waals surface area contributed by atoms with Crippen molar-refractivity contribution in [2.75, 3.05) is 17.4 Å². The summed E-state index contributed by atoms with van der Waals surface area (Å²) in [4.78, 5) is 29.6. The van der Waals surface area contributed by atoms with Crippen molar-refractivity contribution in [1.82, 2.24) is 10.2 Å². The lowest BCUT2D eigenvalue weighted by atomic mass is 10.0. The van der Waals surface area contributed by atoms with Gasteiger partial charge in [0.25, 0.3) is 10.0 Å². The van der Waals surface area contributed by atoms with Crippen molar-refractivity contribution in [1.29, 1.82) is 0 Å². The number of carbonyl (C=O) groups excluding carboxylic acids is 2. The molecule has 0 saturated heterocycles. The van der Waals surface area contributed by atoms with Gasteiger partial charge in [-0.3, -0.25) is 13.9 Å². The van der Waals surface area contributed by atoms with Crippen LogP contribution in [-0.2, 0) is 32.6 Å². The third-order valence-electron chi connectivity index (χ3n) is 7.19. The van der Waals surface area contributed by atoms with Crippen molar-refractivity contribution in [3.05, 3.63) is 129 Å². The molecule has 7 nitrogen and oxygen atoms in total. The van der Waals surface area contributed by atoms with Crippen molar-refractivity contribution >= 4 is 55.1 Å². The molecule has 0 heterocycles. The number of hydrogen-bond donors (Lipinski definition) is 1. The van der Waals surface area contributed by atoms with E-state index in [1.54, 1.807) is 37.3 Å². The standard InChI is InChI=1S/C34H35BrClN3O4S/c1-4-37-34(41)32(20-26-9-6-5-7-10-26)38(22-27-11-8-12-28(35)19-27)33(40)23-39(31-21-29(36)16-15-25(31)3)44(42,43)30-17-13-24(2)14-18-30/h5-19,21,32H,4,20,22-23H2,1-3H3,(H,37,41). The lowest BCUT2D eigenvalue weighted by Gasteiger charge is -2.34. The van der Waals surface area contributed by atoms with Crippen LogP contribution in [0.4, 0.5) is 5.69 Å². The van der Waals surface area contributed by atoms with Crippen LogP contribution in [0.2, 0.25) is 5.02 Å². The van der Waals surface area contributed by atoms with Crippen LogP contribution >= 0.6 is 27.5 Å². The van der Waals surface area contributed by atoms with Gasteiger partial charge in [0, 0.05) is 29.0 Å². The van der Waals surface area contributed by atoms with Gasteiger partial charge in [0.1, 0.15) is 12.6 Å². The van der Waals surface area contributed by atoms with Crippen LogP contribution in [0.15, 0.2) is 106 Å². The molecule has 44 heavy (non-hydrogen) atoms. The number of rotatable bonds is 12. The Morgan fingerprint density at radius 2 is 1.57 bits per heavy atom. The van der Waals surface area contributed by atoms with E-state index in [4.69, 9.17) is 11.6 Å². The second kappa shape index (κ2) is 14.9. The molecule has 0 bridgehead atoms. The van der Waals surface area contributed by atoms with Gasteiger partial charge >= 0.3 is 0 Å². The summed E-state index contributed by atoms with van der Waals surface area (Å²) >= 11 is 9.84. The molecule has 0 radical (unpaired) electrons. The van der Waals surface area contributed by atoms with Crippen LogP contribution < -0.4 is 9.62 Å². The first-order chi connectivity index (χ1) is 21.0. The third kappa shape index (κ3) is 8.28. The average Bonchev–Trinajstić information content (AvgIpc) is 2.99. The molecule has 1 atom stereocenters. The number of anilines is 1. The first-order valence-corrected chi connectivity index (χ1v) is 16.8. The molecule has 0 spiro atoms. The highest BCUT2D eigenvalue weighted by atomic mass is 79.9. The van der Waals surface area contributed by atoms with Gasteiger partial charge in [-0.05, 0) is 73.9 Å². The number of hydrogen-bond acceptors (Lipinski definition) is 4. The van der Waals surface area contributed by atoms with E-state index in [-0.39, 0.29) is 29.5 Å². The molecule has 4 rings (SSSR count). The summed E-state index contributed by atoms with van der Waals surface area (Å²) < 4.78 is 30.3. The van der Waals surface area contributed by atoms with Gasteiger partial charge < -0.3 is 10.2 Å². The largest absolute Gasteiger partial charge is 0.355 e. The summed E-state index contributed by atoms with van der Waals surface area (Å²) in [6, 6.07) is 27.4. The molecule has 230 valence electrons. The Kier molecular flexibility index (Phi) is 11.2. The van der Waals surface area contributed by atoms with Crippen LogP contribution in [0.3, 0.4) is 0 Å². The molecule has 2 amide bonds. The van der Waals surface area contributed by atoms with Crippen LogP contribution in [0, 0.1) is 13.8 Å². The van der Waals surface area contributed by atoms with E-state index in [9.17, 15) is 18.0 Å². The van der Waals surface area contributed by atoms with Gasteiger partial charge in [0.05, 0.1) is 10.6 Å². The molecule has 1 unspecified atom stereocenters. The summed E-state index contributed by atoms with van der Waals surface area (Å²) in [6.45, 7) is 5.36. The minimum absolute atomic E-state index is 0.0402. The van der Waals surface area contributed by atoms with E-state index >= 15 is 0 Å². The van der Waals surface area contributed by atoms with Crippen LogP contribution in [0.5, 0.6) is 0 Å². The Hall–Kier alpha value is -3.66. The number of nitrogens with zero attached hydrogens (tertiary/aromatic N) is 2. The predicted octanol–water partition coefficient (Wildman–Crippen LogP) is 6.69. The summed E-state index contributed by atoms with van der Waals surface area (Å²) in [5.74, 6) is -0.862. The van der Waals surface area contributed by atoms with E-state index in [1.807, 2.05) is 68.4 Å². The number of halogens is 2. The van der Waals surface area contributed by atoms with Gasteiger partial charge in [-0.1, -0.05) is 93.8 Å². The van der Waals surface area contributed by atoms with E-state index in [0.29, 0.717) is 17.1 Å². The Balaban J connectivity index is 1.83. The summed E-state index contributed by atoms with van der Waals surface area (Å²) in [5, 5.41) is 3.20. The van der Waals surface area contributed by atoms with Crippen molar-refractivity contribution in [3.63, 3.8) is 0 Å². The average molecular weight is 697 g/mol. The molecule has 4 aromatic rings. The Labute approximate surface area is 273 Å². The highest BCUT2D eigenvalue weighted by molar-refractivity contribution is 9.10. The van der Waals surface area contributed by atoms with Crippen molar-refractivity contribution in [2.45, 2.75) is 44.7 Å². The van der Waals surface area contributed by atoms with Crippen LogP contribution in [0.1, 0.15) is 29.2 Å². The maximum Gasteiger partial charge on any atom is 0.264 e.